The molecule has 0 bridgehead atoms. The fourth-order valence-electron chi connectivity index (χ4n) is 6.27. The molecule has 3 aromatic rings. The van der Waals surface area contributed by atoms with E-state index in [9.17, 15) is 14.0 Å². The average molecular weight is 500 g/mol. The number of nitrogens with zero attached hydrogens (tertiary/aromatic N) is 3. The van der Waals surface area contributed by atoms with Crippen molar-refractivity contribution in [3.8, 4) is 5.69 Å². The third kappa shape index (κ3) is 4.30. The van der Waals surface area contributed by atoms with Crippen molar-refractivity contribution in [3.63, 3.8) is 0 Å². The van der Waals surface area contributed by atoms with Crippen molar-refractivity contribution in [2.45, 2.75) is 44.6 Å². The summed E-state index contributed by atoms with van der Waals surface area (Å²) in [6.07, 6.45) is 5.61. The van der Waals surface area contributed by atoms with E-state index in [1.54, 1.807) is 12.1 Å². The van der Waals surface area contributed by atoms with Gasteiger partial charge in [-0.1, -0.05) is 48.4 Å². The number of urea groups is 2. The number of amides is 4. The number of carbonyl (C=O) groups excluding carboxylic acids is 2. The molecule has 0 saturated carbocycles. The van der Waals surface area contributed by atoms with Gasteiger partial charge in [-0.3, -0.25) is 0 Å². The van der Waals surface area contributed by atoms with E-state index in [2.05, 4.69) is 22.7 Å². The number of benzene rings is 2. The topological polar surface area (TPSA) is 79.3 Å². The van der Waals surface area contributed by atoms with Gasteiger partial charge in [0.1, 0.15) is 5.82 Å². The van der Waals surface area contributed by atoms with Gasteiger partial charge < -0.3 is 10.6 Å². The molecule has 6 rings (SSSR count). The summed E-state index contributed by atoms with van der Waals surface area (Å²) < 4.78 is 15.4. The molecule has 37 heavy (non-hydrogen) atoms. The van der Waals surface area contributed by atoms with Crippen molar-refractivity contribution in [2.24, 2.45) is 5.92 Å². The molecule has 190 valence electrons. The lowest BCUT2D eigenvalue weighted by Crippen LogP contribution is -2.43. The van der Waals surface area contributed by atoms with Gasteiger partial charge in [0.2, 0.25) is 0 Å². The first-order valence-corrected chi connectivity index (χ1v) is 12.9. The first-order valence-electron chi connectivity index (χ1n) is 12.9. The second kappa shape index (κ2) is 9.50. The molecular formula is C29H30FN5O2. The predicted octanol–water partition coefficient (Wildman–Crippen LogP) is 5.24. The number of rotatable bonds is 5. The Morgan fingerprint density at radius 3 is 2.70 bits per heavy atom. The molecule has 1 saturated heterocycles. The maximum Gasteiger partial charge on any atom is 0.326 e. The van der Waals surface area contributed by atoms with Crippen LogP contribution in [0.4, 0.5) is 14.0 Å². The van der Waals surface area contributed by atoms with Crippen LogP contribution >= 0.6 is 0 Å². The van der Waals surface area contributed by atoms with Crippen LogP contribution in [-0.4, -0.2) is 39.8 Å². The molecule has 1 aliphatic heterocycles. The molecule has 2 aliphatic carbocycles. The Morgan fingerprint density at radius 2 is 1.97 bits per heavy atom. The highest BCUT2D eigenvalue weighted by atomic mass is 19.1. The van der Waals surface area contributed by atoms with Crippen LogP contribution in [0.3, 0.4) is 0 Å². The summed E-state index contributed by atoms with van der Waals surface area (Å²) in [7, 11) is 0. The number of carbonyl (C=O) groups is 2. The molecule has 2 aromatic carbocycles. The van der Waals surface area contributed by atoms with Crippen molar-refractivity contribution >= 4 is 12.1 Å². The fourth-order valence-corrected chi connectivity index (χ4v) is 6.27. The number of hydrogen-bond acceptors (Lipinski definition) is 3. The molecule has 0 radical (unpaired) electrons. The molecule has 3 aliphatic rings. The van der Waals surface area contributed by atoms with Crippen molar-refractivity contribution in [3.05, 3.63) is 94.6 Å². The highest BCUT2D eigenvalue weighted by Gasteiger charge is 2.38. The molecular weight excluding hydrogens is 469 g/mol. The van der Waals surface area contributed by atoms with E-state index >= 15 is 0 Å². The number of nitrogens with one attached hydrogen (secondary N) is 2. The zero-order chi connectivity index (χ0) is 25.5. The monoisotopic (exact) mass is 499 g/mol. The van der Waals surface area contributed by atoms with Crippen molar-refractivity contribution in [1.82, 2.24) is 25.3 Å². The van der Waals surface area contributed by atoms with Crippen LogP contribution in [0.5, 0.6) is 0 Å². The van der Waals surface area contributed by atoms with E-state index in [0.717, 1.165) is 36.9 Å². The minimum Gasteiger partial charge on any atom is -0.336 e. The van der Waals surface area contributed by atoms with Gasteiger partial charge in [0.25, 0.3) is 0 Å². The van der Waals surface area contributed by atoms with Gasteiger partial charge in [0.15, 0.2) is 0 Å². The number of aromatic nitrogens is 2. The Balaban J connectivity index is 1.25. The summed E-state index contributed by atoms with van der Waals surface area (Å²) in [5.74, 6) is 0.286. The molecule has 0 spiro atoms. The summed E-state index contributed by atoms with van der Waals surface area (Å²) >= 11 is 0. The third-order valence-electron chi connectivity index (χ3n) is 8.05. The summed E-state index contributed by atoms with van der Waals surface area (Å²) in [6, 6.07) is 15.6. The first kappa shape index (κ1) is 23.5. The van der Waals surface area contributed by atoms with E-state index in [4.69, 9.17) is 0 Å². The Hall–Kier alpha value is -3.94. The van der Waals surface area contributed by atoms with Crippen LogP contribution in [0.2, 0.25) is 0 Å². The number of allylic oxidation sites excluding steroid dienone is 2. The van der Waals surface area contributed by atoms with E-state index in [-0.39, 0.29) is 29.8 Å². The predicted molar refractivity (Wildman–Crippen MR) is 138 cm³/mol. The van der Waals surface area contributed by atoms with Gasteiger partial charge >= 0.3 is 12.1 Å². The van der Waals surface area contributed by atoms with Crippen molar-refractivity contribution in [2.75, 3.05) is 13.1 Å². The molecule has 8 heteroatoms. The summed E-state index contributed by atoms with van der Waals surface area (Å²) in [6.45, 7) is 3.10. The molecule has 1 fully saturated rings. The Morgan fingerprint density at radius 1 is 1.19 bits per heavy atom. The number of halogens is 1. The molecule has 3 atom stereocenters. The molecule has 7 nitrogen and oxygen atoms in total. The SMILES string of the molecule is C[C@@H]1C2=C(CC[C@@H]2CC(NC(=O)N2CCNC2=O)c2ccccc2)Cc2c1cnn2-c1ccc(F)cc1. The lowest BCUT2D eigenvalue weighted by Gasteiger charge is -2.30. The molecule has 2 N–H and O–H groups in total. The summed E-state index contributed by atoms with van der Waals surface area (Å²) in [5.41, 5.74) is 7.20. The minimum atomic E-state index is -0.351. The second-order valence-electron chi connectivity index (χ2n) is 10.2. The molecule has 4 amide bonds. The Kier molecular flexibility index (Phi) is 6.02. The van der Waals surface area contributed by atoms with Crippen LogP contribution in [0, 0.1) is 11.7 Å². The Bertz CT molecular complexity index is 1360. The van der Waals surface area contributed by atoms with Crippen LogP contribution in [0.25, 0.3) is 5.69 Å². The Labute approximate surface area is 215 Å². The number of imide groups is 1. The quantitative estimate of drug-likeness (QED) is 0.471. The van der Waals surface area contributed by atoms with Crippen LogP contribution in [0.1, 0.15) is 55.0 Å². The smallest absolute Gasteiger partial charge is 0.326 e. The summed E-state index contributed by atoms with van der Waals surface area (Å²) in [4.78, 5) is 26.3. The minimum absolute atomic E-state index is 0.200. The zero-order valence-electron chi connectivity index (χ0n) is 20.8. The van der Waals surface area contributed by atoms with Gasteiger partial charge in [-0.25, -0.2) is 23.6 Å². The van der Waals surface area contributed by atoms with Crippen LogP contribution in [0.15, 0.2) is 71.9 Å². The summed E-state index contributed by atoms with van der Waals surface area (Å²) in [5, 5.41) is 10.5. The second-order valence-corrected chi connectivity index (χ2v) is 10.2. The van der Waals surface area contributed by atoms with Crippen LogP contribution < -0.4 is 10.6 Å². The van der Waals surface area contributed by atoms with Gasteiger partial charge in [-0.2, -0.15) is 5.10 Å². The van der Waals surface area contributed by atoms with Gasteiger partial charge in [-0.05, 0) is 55.0 Å². The zero-order valence-corrected chi connectivity index (χ0v) is 20.8. The molecule has 2 heterocycles. The number of hydrogen-bond donors (Lipinski definition) is 2. The highest BCUT2D eigenvalue weighted by molar-refractivity contribution is 5.95. The van der Waals surface area contributed by atoms with Crippen molar-refractivity contribution in [1.29, 1.82) is 0 Å². The maximum absolute atomic E-state index is 13.5. The standard InChI is InChI=1S/C29H30FN5O2/c1-18-24-17-32-35(23-11-9-22(30)10-12-23)26(24)16-21-8-7-20(27(18)21)15-25(19-5-3-2-4-6-19)33-29(37)34-14-13-31-28(34)36/h2-6,9-12,17-18,20,25H,7-8,13-16H2,1H3,(H,31,36)(H,33,37)/t18-,20+,25?/m0/s1. The highest BCUT2D eigenvalue weighted by Crippen LogP contribution is 2.49. The van der Waals surface area contributed by atoms with E-state index in [0.29, 0.717) is 19.0 Å². The maximum atomic E-state index is 13.5. The lowest BCUT2D eigenvalue weighted by molar-refractivity contribution is 0.194. The fraction of sp³-hybridized carbons (Fsp3) is 0.345. The molecule has 1 aromatic heterocycles. The van der Waals surface area contributed by atoms with Crippen molar-refractivity contribution < 1.29 is 14.0 Å². The van der Waals surface area contributed by atoms with E-state index in [1.165, 1.54) is 39.4 Å². The van der Waals surface area contributed by atoms with Gasteiger partial charge in [-0.15, -0.1) is 0 Å². The lowest BCUT2D eigenvalue weighted by atomic mass is 9.78. The molecule has 1 unspecified atom stereocenters. The van der Waals surface area contributed by atoms with Crippen LogP contribution in [-0.2, 0) is 6.42 Å². The largest absolute Gasteiger partial charge is 0.336 e. The average Bonchev–Trinajstić information content (AvgIpc) is 3.64. The van der Waals surface area contributed by atoms with E-state index < -0.39 is 0 Å². The van der Waals surface area contributed by atoms with Gasteiger partial charge in [0.05, 0.1) is 23.6 Å². The van der Waals surface area contributed by atoms with E-state index in [1.807, 2.05) is 41.2 Å². The first-order chi connectivity index (χ1) is 18.0. The normalized spacial score (nSPS) is 21.5. The van der Waals surface area contributed by atoms with Gasteiger partial charge in [0, 0.05) is 31.0 Å². The third-order valence-corrected chi connectivity index (χ3v) is 8.05. The number of fused-ring (bicyclic) bond motifs is 1.